The highest BCUT2D eigenvalue weighted by Crippen LogP contribution is 2.36. The summed E-state index contributed by atoms with van der Waals surface area (Å²) in [6, 6.07) is 3.39. The zero-order valence-corrected chi connectivity index (χ0v) is 12.2. The van der Waals surface area contributed by atoms with E-state index < -0.39 is 23.4 Å². The number of hydrogen-bond acceptors (Lipinski definition) is 3. The van der Waals surface area contributed by atoms with Gasteiger partial charge in [0.2, 0.25) is 0 Å². The van der Waals surface area contributed by atoms with Crippen LogP contribution >= 0.6 is 0 Å². The first-order valence-electron chi connectivity index (χ1n) is 6.44. The average Bonchev–Trinajstić information content (AvgIpc) is 2.74. The third-order valence-electron chi connectivity index (χ3n) is 2.88. The first-order chi connectivity index (χ1) is 10.0. The molecule has 0 aliphatic heterocycles. The molecule has 1 aromatic carbocycles. The number of benzene rings is 1. The molecule has 0 unspecified atom stereocenters. The van der Waals surface area contributed by atoms with Crippen molar-refractivity contribution in [1.82, 2.24) is 4.57 Å². The van der Waals surface area contributed by atoms with Crippen LogP contribution in [0.1, 0.15) is 36.7 Å². The van der Waals surface area contributed by atoms with Gasteiger partial charge in [0.15, 0.2) is 6.29 Å². The summed E-state index contributed by atoms with van der Waals surface area (Å²) in [6.45, 7) is 4.91. The van der Waals surface area contributed by atoms with Gasteiger partial charge >= 0.3 is 12.3 Å². The van der Waals surface area contributed by atoms with Crippen molar-refractivity contribution in [3.8, 4) is 0 Å². The van der Waals surface area contributed by atoms with E-state index in [2.05, 4.69) is 0 Å². The van der Waals surface area contributed by atoms with Gasteiger partial charge in [-0.3, -0.25) is 9.36 Å². The summed E-state index contributed by atoms with van der Waals surface area (Å²) in [6.07, 6.45) is -4.12. The number of nitrogens with zero attached hydrogens (tertiary/aromatic N) is 1. The van der Waals surface area contributed by atoms with E-state index in [0.29, 0.717) is 6.29 Å². The highest BCUT2D eigenvalue weighted by atomic mass is 19.4. The number of hydrogen-bond donors (Lipinski definition) is 0. The number of ether oxygens (including phenoxy) is 1. The van der Waals surface area contributed by atoms with Gasteiger partial charge in [0.25, 0.3) is 0 Å². The fraction of sp³-hybridized carbons (Fsp3) is 0.333. The van der Waals surface area contributed by atoms with E-state index in [9.17, 15) is 22.8 Å². The van der Waals surface area contributed by atoms with Crippen LogP contribution in [-0.4, -0.2) is 22.5 Å². The lowest BCUT2D eigenvalue weighted by molar-refractivity contribution is -0.136. The summed E-state index contributed by atoms with van der Waals surface area (Å²) in [5, 5.41) is -0.309. The van der Waals surface area contributed by atoms with Crippen LogP contribution in [-0.2, 0) is 10.9 Å². The summed E-state index contributed by atoms with van der Waals surface area (Å²) in [5.41, 5.74) is -2.01. The van der Waals surface area contributed by atoms with Crippen LogP contribution in [0, 0.1) is 0 Å². The molecule has 0 amide bonds. The smallest absolute Gasteiger partial charge is 0.419 e. The molecule has 0 spiro atoms. The first kappa shape index (κ1) is 16.1. The number of aromatic nitrogens is 1. The zero-order chi connectivity index (χ0) is 16.7. The normalized spacial score (nSPS) is 12.5. The molecule has 118 valence electrons. The van der Waals surface area contributed by atoms with Crippen molar-refractivity contribution >= 4 is 23.3 Å². The Bertz CT molecular complexity index is 739. The molecule has 22 heavy (non-hydrogen) atoms. The molecule has 0 N–H and O–H groups in total. The minimum Gasteiger partial charge on any atom is -0.443 e. The Morgan fingerprint density at radius 2 is 1.86 bits per heavy atom. The Kier molecular flexibility index (Phi) is 3.76. The summed E-state index contributed by atoms with van der Waals surface area (Å²) in [7, 11) is 0. The Labute approximate surface area is 124 Å². The predicted molar refractivity (Wildman–Crippen MR) is 74.0 cm³/mol. The van der Waals surface area contributed by atoms with Gasteiger partial charge in [-0.1, -0.05) is 6.07 Å². The van der Waals surface area contributed by atoms with E-state index >= 15 is 0 Å². The molecular weight excluding hydrogens is 299 g/mol. The van der Waals surface area contributed by atoms with Crippen molar-refractivity contribution in [2.24, 2.45) is 0 Å². The quantitative estimate of drug-likeness (QED) is 0.739. The molecule has 0 fully saturated rings. The van der Waals surface area contributed by atoms with E-state index in [0.717, 1.165) is 16.8 Å². The molecule has 0 saturated heterocycles. The monoisotopic (exact) mass is 313 g/mol. The van der Waals surface area contributed by atoms with E-state index in [-0.39, 0.29) is 16.5 Å². The van der Waals surface area contributed by atoms with Gasteiger partial charge < -0.3 is 4.74 Å². The summed E-state index contributed by atoms with van der Waals surface area (Å²) in [4.78, 5) is 23.2. The molecule has 1 heterocycles. The maximum atomic E-state index is 13.1. The molecule has 0 bridgehead atoms. The van der Waals surface area contributed by atoms with Crippen LogP contribution in [0.3, 0.4) is 0 Å². The lowest BCUT2D eigenvalue weighted by Gasteiger charge is -2.19. The zero-order valence-electron chi connectivity index (χ0n) is 12.2. The van der Waals surface area contributed by atoms with Gasteiger partial charge in [0.1, 0.15) is 5.60 Å². The van der Waals surface area contributed by atoms with Crippen molar-refractivity contribution in [3.63, 3.8) is 0 Å². The topological polar surface area (TPSA) is 48.3 Å². The van der Waals surface area contributed by atoms with Gasteiger partial charge in [-0.2, -0.15) is 13.2 Å². The molecule has 4 nitrogen and oxygen atoms in total. The fourth-order valence-corrected chi connectivity index (χ4v) is 2.11. The lowest BCUT2D eigenvalue weighted by Crippen LogP contribution is -2.26. The van der Waals surface area contributed by atoms with Crippen LogP contribution in [0.15, 0.2) is 24.4 Å². The highest BCUT2D eigenvalue weighted by Gasteiger charge is 2.34. The van der Waals surface area contributed by atoms with Gasteiger partial charge in [0, 0.05) is 17.1 Å². The third-order valence-corrected chi connectivity index (χ3v) is 2.88. The molecule has 0 aliphatic carbocycles. The average molecular weight is 313 g/mol. The standard InChI is InChI=1S/C15H14F3NO3/c1-14(2,3)22-13(21)19-7-9(8-20)12-10(15(16,17)18)5-4-6-11(12)19/h4-8H,1-3H3. The number of carbonyl (C=O) groups is 2. The molecule has 1 aromatic heterocycles. The molecule has 0 aliphatic rings. The predicted octanol–water partition coefficient (Wildman–Crippen LogP) is 4.26. The number of aldehydes is 1. The van der Waals surface area contributed by atoms with Gasteiger partial charge in [0.05, 0.1) is 11.1 Å². The van der Waals surface area contributed by atoms with Crippen LogP contribution in [0.4, 0.5) is 18.0 Å². The molecule has 0 radical (unpaired) electrons. The summed E-state index contributed by atoms with van der Waals surface area (Å²) < 4.78 is 45.3. The molecule has 2 rings (SSSR count). The fourth-order valence-electron chi connectivity index (χ4n) is 2.11. The SMILES string of the molecule is CC(C)(C)OC(=O)n1cc(C=O)c2c(C(F)(F)F)cccc21. The van der Waals surface area contributed by atoms with Crippen molar-refractivity contribution in [1.29, 1.82) is 0 Å². The largest absolute Gasteiger partial charge is 0.443 e. The summed E-state index contributed by atoms with van der Waals surface area (Å²) >= 11 is 0. The van der Waals surface area contributed by atoms with Crippen molar-refractivity contribution in [2.45, 2.75) is 32.5 Å². The lowest BCUT2D eigenvalue weighted by atomic mass is 10.1. The van der Waals surface area contributed by atoms with Crippen molar-refractivity contribution in [2.75, 3.05) is 0 Å². The second kappa shape index (κ2) is 5.15. The van der Waals surface area contributed by atoms with Crippen molar-refractivity contribution < 1.29 is 27.5 Å². The second-order valence-electron chi connectivity index (χ2n) is 5.75. The van der Waals surface area contributed by atoms with Gasteiger partial charge in [-0.15, -0.1) is 0 Å². The second-order valence-corrected chi connectivity index (χ2v) is 5.75. The number of fused-ring (bicyclic) bond motifs is 1. The Morgan fingerprint density at radius 1 is 1.23 bits per heavy atom. The molecular formula is C15H14F3NO3. The highest BCUT2D eigenvalue weighted by molar-refractivity contribution is 6.03. The third kappa shape index (κ3) is 2.98. The van der Waals surface area contributed by atoms with Gasteiger partial charge in [-0.05, 0) is 32.9 Å². The van der Waals surface area contributed by atoms with E-state index in [4.69, 9.17) is 4.74 Å². The summed E-state index contributed by atoms with van der Waals surface area (Å²) in [5.74, 6) is 0. The molecule has 2 aromatic rings. The van der Waals surface area contributed by atoms with Gasteiger partial charge in [-0.25, -0.2) is 4.79 Å². The molecule has 0 atom stereocenters. The Hall–Kier alpha value is -2.31. The maximum Gasteiger partial charge on any atom is 0.419 e. The van der Waals surface area contributed by atoms with E-state index in [1.165, 1.54) is 12.1 Å². The number of carbonyl (C=O) groups excluding carboxylic acids is 2. The van der Waals surface area contributed by atoms with Crippen LogP contribution in [0.2, 0.25) is 0 Å². The molecule has 0 saturated carbocycles. The van der Waals surface area contributed by atoms with Crippen LogP contribution in [0.25, 0.3) is 10.9 Å². The number of alkyl halides is 3. The maximum absolute atomic E-state index is 13.1. The van der Waals surface area contributed by atoms with E-state index in [1.807, 2.05) is 0 Å². The Balaban J connectivity index is 2.69. The first-order valence-corrected chi connectivity index (χ1v) is 6.44. The van der Waals surface area contributed by atoms with Crippen molar-refractivity contribution in [3.05, 3.63) is 35.5 Å². The van der Waals surface area contributed by atoms with Crippen LogP contribution < -0.4 is 0 Å². The minimum atomic E-state index is -4.63. The minimum absolute atomic E-state index is 0.0221. The van der Waals surface area contributed by atoms with Crippen LogP contribution in [0.5, 0.6) is 0 Å². The Morgan fingerprint density at radius 3 is 2.36 bits per heavy atom. The number of halogens is 3. The number of rotatable bonds is 1. The van der Waals surface area contributed by atoms with E-state index in [1.54, 1.807) is 20.8 Å². The molecule has 7 heteroatoms.